The van der Waals surface area contributed by atoms with Crippen molar-refractivity contribution in [2.24, 2.45) is 0 Å². The van der Waals surface area contributed by atoms with Gasteiger partial charge in [0.15, 0.2) is 11.5 Å². The van der Waals surface area contributed by atoms with Crippen molar-refractivity contribution in [1.82, 2.24) is 0 Å². The van der Waals surface area contributed by atoms with E-state index in [1.54, 1.807) is 20.8 Å². The Morgan fingerprint density at radius 1 is 1.07 bits per heavy atom. The Morgan fingerprint density at radius 3 is 2.07 bits per heavy atom. The van der Waals surface area contributed by atoms with Gasteiger partial charge in [0.05, 0.1) is 6.10 Å². The Labute approximate surface area is 90.0 Å². The molecule has 1 aromatic carbocycles. The van der Waals surface area contributed by atoms with E-state index in [0.29, 0.717) is 11.1 Å². The highest BCUT2D eigenvalue weighted by Crippen LogP contribution is 2.37. The van der Waals surface area contributed by atoms with Crippen LogP contribution in [-0.4, -0.2) is 21.4 Å². The summed E-state index contributed by atoms with van der Waals surface area (Å²) in [5, 5.41) is 28.7. The fourth-order valence-electron chi connectivity index (χ4n) is 1.64. The number of hydrogen-bond donors (Lipinski definition) is 3. The molecule has 0 amide bonds. The van der Waals surface area contributed by atoms with E-state index in [0.717, 1.165) is 5.56 Å². The lowest BCUT2D eigenvalue weighted by Gasteiger charge is -2.19. The zero-order chi connectivity index (χ0) is 11.7. The molecule has 3 N–H and O–H groups in total. The molecule has 0 bridgehead atoms. The van der Waals surface area contributed by atoms with E-state index in [9.17, 15) is 15.3 Å². The van der Waals surface area contributed by atoms with Crippen LogP contribution in [0.15, 0.2) is 6.07 Å². The molecule has 3 heteroatoms. The molecule has 0 aliphatic carbocycles. The summed E-state index contributed by atoms with van der Waals surface area (Å²) in [7, 11) is 0. The number of benzene rings is 1. The minimum Gasteiger partial charge on any atom is -0.504 e. The summed E-state index contributed by atoms with van der Waals surface area (Å²) in [5.41, 5.74) is 2.13. The highest BCUT2D eigenvalue weighted by Gasteiger charge is 2.18. The van der Waals surface area contributed by atoms with E-state index in [1.807, 2.05) is 13.0 Å². The normalized spacial score (nSPS) is 15.0. The average molecular weight is 210 g/mol. The number of rotatable bonds is 2. The van der Waals surface area contributed by atoms with E-state index >= 15 is 0 Å². The van der Waals surface area contributed by atoms with Crippen molar-refractivity contribution in [3.8, 4) is 11.5 Å². The third-order valence-electron chi connectivity index (χ3n) is 2.97. The standard InChI is InChI=1S/C12H18O3/c1-6-5-10(7(2)9(4)13)8(3)12(15)11(6)14/h5,7,9,13-15H,1-4H3. The van der Waals surface area contributed by atoms with Crippen molar-refractivity contribution in [2.45, 2.75) is 39.7 Å². The predicted octanol–water partition coefficient (Wildman–Crippen LogP) is 2.20. The first-order valence-corrected chi connectivity index (χ1v) is 5.06. The van der Waals surface area contributed by atoms with E-state index in [4.69, 9.17) is 0 Å². The summed E-state index contributed by atoms with van der Waals surface area (Å²) >= 11 is 0. The second-order valence-corrected chi connectivity index (χ2v) is 4.13. The van der Waals surface area contributed by atoms with Crippen LogP contribution < -0.4 is 0 Å². The Morgan fingerprint density at radius 2 is 1.60 bits per heavy atom. The Bertz CT molecular complexity index is 370. The van der Waals surface area contributed by atoms with Crippen molar-refractivity contribution in [3.63, 3.8) is 0 Å². The third kappa shape index (κ3) is 2.07. The first kappa shape index (κ1) is 11.9. The number of aryl methyl sites for hydroxylation is 1. The Hall–Kier alpha value is -1.22. The van der Waals surface area contributed by atoms with Gasteiger partial charge >= 0.3 is 0 Å². The number of aromatic hydroxyl groups is 2. The molecule has 0 spiro atoms. The van der Waals surface area contributed by atoms with Crippen LogP contribution in [0.1, 0.15) is 36.5 Å². The fraction of sp³-hybridized carbons (Fsp3) is 0.500. The molecule has 15 heavy (non-hydrogen) atoms. The van der Waals surface area contributed by atoms with Gasteiger partial charge in [-0.1, -0.05) is 13.0 Å². The topological polar surface area (TPSA) is 60.7 Å². The van der Waals surface area contributed by atoms with Crippen molar-refractivity contribution >= 4 is 0 Å². The average Bonchev–Trinajstić information content (AvgIpc) is 2.19. The molecule has 1 rings (SSSR count). The lowest BCUT2D eigenvalue weighted by molar-refractivity contribution is 0.168. The van der Waals surface area contributed by atoms with Crippen molar-refractivity contribution in [2.75, 3.05) is 0 Å². The smallest absolute Gasteiger partial charge is 0.160 e. The summed E-state index contributed by atoms with van der Waals surface area (Å²) in [6.07, 6.45) is -0.480. The van der Waals surface area contributed by atoms with Crippen LogP contribution in [0.4, 0.5) is 0 Å². The van der Waals surface area contributed by atoms with Gasteiger partial charge in [-0.25, -0.2) is 0 Å². The molecule has 2 atom stereocenters. The van der Waals surface area contributed by atoms with Crippen molar-refractivity contribution in [3.05, 3.63) is 22.8 Å². The van der Waals surface area contributed by atoms with Gasteiger partial charge in [0.25, 0.3) is 0 Å². The van der Waals surface area contributed by atoms with Gasteiger partial charge < -0.3 is 15.3 Å². The predicted molar refractivity (Wildman–Crippen MR) is 59.3 cm³/mol. The van der Waals surface area contributed by atoms with Crippen molar-refractivity contribution in [1.29, 1.82) is 0 Å². The zero-order valence-corrected chi connectivity index (χ0v) is 9.57. The second kappa shape index (κ2) is 4.11. The number of aliphatic hydroxyl groups is 1. The monoisotopic (exact) mass is 210 g/mol. The first-order chi connectivity index (χ1) is 6.86. The highest BCUT2D eigenvalue weighted by molar-refractivity contribution is 5.53. The molecule has 0 radical (unpaired) electrons. The summed E-state index contributed by atoms with van der Waals surface area (Å²) < 4.78 is 0. The SMILES string of the molecule is Cc1cc(C(C)C(C)O)c(C)c(O)c1O. The quantitative estimate of drug-likeness (QED) is 0.656. The molecule has 0 aliphatic rings. The van der Waals surface area contributed by atoms with E-state index in [1.165, 1.54) is 0 Å². The van der Waals surface area contributed by atoms with Gasteiger partial charge in [0.1, 0.15) is 0 Å². The van der Waals surface area contributed by atoms with E-state index < -0.39 is 6.10 Å². The zero-order valence-electron chi connectivity index (χ0n) is 9.57. The molecule has 0 fully saturated rings. The molecular weight excluding hydrogens is 192 g/mol. The maximum absolute atomic E-state index is 9.67. The Kier molecular flexibility index (Phi) is 3.25. The molecule has 84 valence electrons. The van der Waals surface area contributed by atoms with Gasteiger partial charge in [-0.3, -0.25) is 0 Å². The molecule has 0 heterocycles. The molecule has 0 aromatic heterocycles. The number of hydrogen-bond acceptors (Lipinski definition) is 3. The van der Waals surface area contributed by atoms with Crippen molar-refractivity contribution < 1.29 is 15.3 Å². The summed E-state index contributed by atoms with van der Waals surface area (Å²) in [6.45, 7) is 7.07. The number of phenols is 2. The second-order valence-electron chi connectivity index (χ2n) is 4.13. The van der Waals surface area contributed by atoms with Crippen LogP contribution >= 0.6 is 0 Å². The fourth-order valence-corrected chi connectivity index (χ4v) is 1.64. The lowest BCUT2D eigenvalue weighted by atomic mass is 9.90. The minimum atomic E-state index is -0.480. The van der Waals surface area contributed by atoms with Crippen LogP contribution in [0.2, 0.25) is 0 Å². The largest absolute Gasteiger partial charge is 0.504 e. The first-order valence-electron chi connectivity index (χ1n) is 5.06. The maximum atomic E-state index is 9.67. The number of phenolic OH excluding ortho intramolecular Hbond substituents is 2. The molecule has 0 saturated heterocycles. The van der Waals surface area contributed by atoms with Crippen LogP contribution in [0.5, 0.6) is 11.5 Å². The van der Waals surface area contributed by atoms with Gasteiger partial charge in [0, 0.05) is 5.92 Å². The molecular formula is C12H18O3. The summed E-state index contributed by atoms with van der Waals surface area (Å²) in [6, 6.07) is 1.81. The van der Waals surface area contributed by atoms with Crippen LogP contribution in [-0.2, 0) is 0 Å². The minimum absolute atomic E-state index is 0.0600. The molecule has 2 unspecified atom stereocenters. The Balaban J connectivity index is 3.32. The van der Waals surface area contributed by atoms with Crippen LogP contribution in [0, 0.1) is 13.8 Å². The number of aliphatic hydroxyl groups excluding tert-OH is 1. The van der Waals surface area contributed by atoms with E-state index in [2.05, 4.69) is 0 Å². The van der Waals surface area contributed by atoms with Crippen LogP contribution in [0.25, 0.3) is 0 Å². The third-order valence-corrected chi connectivity index (χ3v) is 2.97. The van der Waals surface area contributed by atoms with Gasteiger partial charge in [-0.05, 0) is 37.5 Å². The van der Waals surface area contributed by atoms with Gasteiger partial charge in [-0.2, -0.15) is 0 Å². The molecule has 0 aliphatic heterocycles. The lowest BCUT2D eigenvalue weighted by Crippen LogP contribution is -2.12. The van der Waals surface area contributed by atoms with Gasteiger partial charge in [-0.15, -0.1) is 0 Å². The molecule has 0 saturated carbocycles. The summed E-state index contributed by atoms with van der Waals surface area (Å²) in [5.74, 6) is -0.221. The van der Waals surface area contributed by atoms with E-state index in [-0.39, 0.29) is 17.4 Å². The molecule has 3 nitrogen and oxygen atoms in total. The summed E-state index contributed by atoms with van der Waals surface area (Å²) in [4.78, 5) is 0. The highest BCUT2D eigenvalue weighted by atomic mass is 16.3. The van der Waals surface area contributed by atoms with Gasteiger partial charge in [0.2, 0.25) is 0 Å². The molecule has 1 aromatic rings. The van der Waals surface area contributed by atoms with Crippen LogP contribution in [0.3, 0.4) is 0 Å². The maximum Gasteiger partial charge on any atom is 0.160 e.